The van der Waals surface area contributed by atoms with Crippen molar-refractivity contribution in [3.05, 3.63) is 0 Å². The van der Waals surface area contributed by atoms with Gasteiger partial charge in [-0.1, -0.05) is 19.8 Å². The van der Waals surface area contributed by atoms with Crippen LogP contribution in [0.3, 0.4) is 0 Å². The summed E-state index contributed by atoms with van der Waals surface area (Å²) < 4.78 is 0. The number of nitrogens with one attached hydrogen (secondary N) is 1. The summed E-state index contributed by atoms with van der Waals surface area (Å²) in [5, 5.41) is 3.74. The van der Waals surface area contributed by atoms with Crippen molar-refractivity contribution >= 4 is 11.8 Å². The Hall–Kier alpha value is 0.310. The van der Waals surface area contributed by atoms with Crippen molar-refractivity contribution in [2.24, 2.45) is 5.41 Å². The van der Waals surface area contributed by atoms with Gasteiger partial charge < -0.3 is 5.32 Å². The van der Waals surface area contributed by atoms with Crippen LogP contribution < -0.4 is 5.32 Å². The first-order valence-electron chi connectivity index (χ1n) is 7.30. The molecule has 0 spiro atoms. The summed E-state index contributed by atoms with van der Waals surface area (Å²) in [5.41, 5.74) is 0.898. The monoisotopic (exact) mass is 257 g/mol. The van der Waals surface area contributed by atoms with E-state index >= 15 is 0 Å². The van der Waals surface area contributed by atoms with Gasteiger partial charge in [-0.15, -0.1) is 0 Å². The van der Waals surface area contributed by atoms with Crippen molar-refractivity contribution < 1.29 is 0 Å². The maximum absolute atomic E-state index is 3.74. The van der Waals surface area contributed by atoms with E-state index in [9.17, 15) is 0 Å². The minimum absolute atomic E-state index is 0.272. The van der Waals surface area contributed by atoms with Crippen LogP contribution >= 0.6 is 11.8 Å². The molecule has 17 heavy (non-hydrogen) atoms. The highest BCUT2D eigenvalue weighted by atomic mass is 32.2. The summed E-state index contributed by atoms with van der Waals surface area (Å²) in [6.45, 7) is 10.3. The minimum atomic E-state index is 0.272. The number of thioether (sulfide) groups is 1. The normalized spacial score (nSPS) is 19.8. The molecule has 102 valence electrons. The fourth-order valence-electron chi connectivity index (χ4n) is 2.79. The van der Waals surface area contributed by atoms with Gasteiger partial charge >= 0.3 is 0 Å². The van der Waals surface area contributed by atoms with E-state index < -0.39 is 0 Å². The van der Waals surface area contributed by atoms with E-state index in [4.69, 9.17) is 0 Å². The van der Waals surface area contributed by atoms with Gasteiger partial charge in [-0.3, -0.25) is 0 Å². The fraction of sp³-hybridized carbons (Fsp3) is 1.00. The number of rotatable bonds is 7. The van der Waals surface area contributed by atoms with Crippen LogP contribution in [0.1, 0.15) is 66.2 Å². The third kappa shape index (κ3) is 6.15. The Labute approximate surface area is 113 Å². The van der Waals surface area contributed by atoms with E-state index in [1.54, 1.807) is 0 Å². The van der Waals surface area contributed by atoms with Crippen LogP contribution in [0.4, 0.5) is 0 Å². The van der Waals surface area contributed by atoms with Crippen molar-refractivity contribution in [3.8, 4) is 0 Å². The molecule has 1 N–H and O–H groups in total. The lowest BCUT2D eigenvalue weighted by Gasteiger charge is -2.33. The third-order valence-corrected chi connectivity index (χ3v) is 4.84. The van der Waals surface area contributed by atoms with Crippen LogP contribution in [-0.4, -0.2) is 23.6 Å². The molecule has 1 fully saturated rings. The highest BCUT2D eigenvalue weighted by molar-refractivity contribution is 7.99. The standard InChI is InChI=1S/C15H31NS/c1-5-17-12-8-11-15(9-6-7-10-15)13-16-14(2,3)4/h16H,5-13H2,1-4H3. The van der Waals surface area contributed by atoms with Gasteiger partial charge in [-0.05, 0) is 63.4 Å². The molecule has 0 aromatic carbocycles. The predicted octanol–water partition coefficient (Wildman–Crippen LogP) is 4.47. The third-order valence-electron chi connectivity index (χ3n) is 3.86. The Morgan fingerprint density at radius 2 is 1.82 bits per heavy atom. The van der Waals surface area contributed by atoms with Crippen LogP contribution in [0.5, 0.6) is 0 Å². The van der Waals surface area contributed by atoms with Crippen LogP contribution in [0.15, 0.2) is 0 Å². The SMILES string of the molecule is CCSCCCC1(CNC(C)(C)C)CCCC1. The van der Waals surface area contributed by atoms with E-state index in [1.165, 1.54) is 56.6 Å². The second kappa shape index (κ2) is 7.04. The summed E-state index contributed by atoms with van der Waals surface area (Å²) in [4.78, 5) is 0. The Morgan fingerprint density at radius 1 is 1.18 bits per heavy atom. The summed E-state index contributed by atoms with van der Waals surface area (Å²) >= 11 is 2.09. The zero-order chi connectivity index (χ0) is 12.8. The molecular weight excluding hydrogens is 226 g/mol. The topological polar surface area (TPSA) is 12.0 Å². The predicted molar refractivity (Wildman–Crippen MR) is 80.9 cm³/mol. The molecule has 0 saturated heterocycles. The molecule has 1 saturated carbocycles. The van der Waals surface area contributed by atoms with Gasteiger partial charge in [0.05, 0.1) is 0 Å². The Morgan fingerprint density at radius 3 is 2.35 bits per heavy atom. The van der Waals surface area contributed by atoms with E-state index in [0.717, 1.165) is 0 Å². The van der Waals surface area contributed by atoms with Crippen molar-refractivity contribution in [2.45, 2.75) is 71.8 Å². The van der Waals surface area contributed by atoms with Crippen molar-refractivity contribution in [3.63, 3.8) is 0 Å². The molecule has 1 nitrogen and oxygen atoms in total. The first kappa shape index (κ1) is 15.4. The highest BCUT2D eigenvalue weighted by Crippen LogP contribution is 2.42. The number of hydrogen-bond donors (Lipinski definition) is 1. The number of hydrogen-bond acceptors (Lipinski definition) is 2. The second-order valence-electron chi connectivity index (χ2n) is 6.61. The molecule has 1 rings (SSSR count). The maximum Gasteiger partial charge on any atom is 0.00967 e. The lowest BCUT2D eigenvalue weighted by molar-refractivity contribution is 0.228. The molecule has 1 aliphatic carbocycles. The van der Waals surface area contributed by atoms with E-state index in [0.29, 0.717) is 5.41 Å². The minimum Gasteiger partial charge on any atom is -0.312 e. The zero-order valence-electron chi connectivity index (χ0n) is 12.3. The van der Waals surface area contributed by atoms with Gasteiger partial charge in [0, 0.05) is 12.1 Å². The lowest BCUT2D eigenvalue weighted by atomic mass is 9.81. The molecule has 0 aliphatic heterocycles. The van der Waals surface area contributed by atoms with Gasteiger partial charge in [0.1, 0.15) is 0 Å². The average Bonchev–Trinajstić information content (AvgIpc) is 2.71. The van der Waals surface area contributed by atoms with Gasteiger partial charge in [-0.2, -0.15) is 11.8 Å². The van der Waals surface area contributed by atoms with Crippen molar-refractivity contribution in [2.75, 3.05) is 18.1 Å². The largest absolute Gasteiger partial charge is 0.312 e. The summed E-state index contributed by atoms with van der Waals surface area (Å²) in [6, 6.07) is 0. The summed E-state index contributed by atoms with van der Waals surface area (Å²) in [7, 11) is 0. The molecule has 0 unspecified atom stereocenters. The van der Waals surface area contributed by atoms with Crippen LogP contribution in [0.2, 0.25) is 0 Å². The molecule has 0 heterocycles. The Kier molecular flexibility index (Phi) is 6.36. The smallest absolute Gasteiger partial charge is 0.00967 e. The first-order chi connectivity index (χ1) is 7.97. The Balaban J connectivity index is 2.34. The lowest BCUT2D eigenvalue weighted by Crippen LogP contribution is -2.43. The van der Waals surface area contributed by atoms with E-state index in [2.05, 4.69) is 44.8 Å². The molecule has 0 amide bonds. The Bertz CT molecular complexity index is 201. The first-order valence-corrected chi connectivity index (χ1v) is 8.46. The molecule has 0 bridgehead atoms. The van der Waals surface area contributed by atoms with Gasteiger partial charge in [0.25, 0.3) is 0 Å². The molecule has 1 aliphatic rings. The van der Waals surface area contributed by atoms with Crippen molar-refractivity contribution in [1.82, 2.24) is 5.32 Å². The van der Waals surface area contributed by atoms with E-state index in [1.807, 2.05) is 0 Å². The second-order valence-corrected chi connectivity index (χ2v) is 8.00. The van der Waals surface area contributed by atoms with Gasteiger partial charge in [-0.25, -0.2) is 0 Å². The average molecular weight is 257 g/mol. The molecule has 2 heteroatoms. The van der Waals surface area contributed by atoms with Crippen molar-refractivity contribution in [1.29, 1.82) is 0 Å². The zero-order valence-corrected chi connectivity index (χ0v) is 13.1. The summed E-state index contributed by atoms with van der Waals surface area (Å²) in [6.07, 6.45) is 8.65. The van der Waals surface area contributed by atoms with Crippen LogP contribution in [0, 0.1) is 5.41 Å². The van der Waals surface area contributed by atoms with Gasteiger partial charge in [0.15, 0.2) is 0 Å². The molecule has 0 aromatic heterocycles. The van der Waals surface area contributed by atoms with Crippen LogP contribution in [0.25, 0.3) is 0 Å². The highest BCUT2D eigenvalue weighted by Gasteiger charge is 2.33. The quantitative estimate of drug-likeness (QED) is 0.675. The summed E-state index contributed by atoms with van der Waals surface area (Å²) in [5.74, 6) is 2.63. The molecular formula is C15H31NS. The van der Waals surface area contributed by atoms with Gasteiger partial charge in [0.2, 0.25) is 0 Å². The van der Waals surface area contributed by atoms with Crippen LogP contribution in [-0.2, 0) is 0 Å². The fourth-order valence-corrected chi connectivity index (χ4v) is 3.42. The van der Waals surface area contributed by atoms with E-state index in [-0.39, 0.29) is 5.54 Å². The maximum atomic E-state index is 3.74. The molecule has 0 atom stereocenters. The molecule has 0 radical (unpaired) electrons. The molecule has 0 aromatic rings.